The fraction of sp³-hybridized carbons (Fsp3) is 1.00. The zero-order valence-electron chi connectivity index (χ0n) is 10.3. The lowest BCUT2D eigenvalue weighted by atomic mass is 9.67. The molecule has 0 heterocycles. The number of hydrogen-bond donors (Lipinski definition) is 3. The maximum absolute atomic E-state index is 6.05. The molecular weight excluding hydrogens is 198 g/mol. The Morgan fingerprint density at radius 2 is 1.88 bits per heavy atom. The molecule has 0 amide bonds. The molecular formula is C13H27N3. The van der Waals surface area contributed by atoms with E-state index in [1.54, 1.807) is 0 Å². The molecule has 0 aliphatic heterocycles. The van der Waals surface area contributed by atoms with Crippen LogP contribution in [0.15, 0.2) is 0 Å². The highest BCUT2D eigenvalue weighted by Crippen LogP contribution is 2.60. The normalized spacial score (nSPS) is 41.8. The van der Waals surface area contributed by atoms with E-state index in [-0.39, 0.29) is 0 Å². The van der Waals surface area contributed by atoms with Crippen molar-refractivity contribution in [1.82, 2.24) is 0 Å². The van der Waals surface area contributed by atoms with Gasteiger partial charge in [0.1, 0.15) is 0 Å². The van der Waals surface area contributed by atoms with Crippen LogP contribution in [0, 0.1) is 23.2 Å². The molecule has 4 unspecified atom stereocenters. The van der Waals surface area contributed by atoms with Crippen LogP contribution in [-0.2, 0) is 0 Å². The van der Waals surface area contributed by atoms with Gasteiger partial charge in [-0.25, -0.2) is 0 Å². The van der Waals surface area contributed by atoms with Crippen molar-refractivity contribution in [3.05, 3.63) is 0 Å². The van der Waals surface area contributed by atoms with Crippen molar-refractivity contribution >= 4 is 0 Å². The summed E-state index contributed by atoms with van der Waals surface area (Å²) in [6.07, 6.45) is 7.74. The monoisotopic (exact) mass is 225 g/mol. The Morgan fingerprint density at radius 1 is 1.06 bits per heavy atom. The van der Waals surface area contributed by atoms with Gasteiger partial charge in [0, 0.05) is 0 Å². The van der Waals surface area contributed by atoms with E-state index >= 15 is 0 Å². The van der Waals surface area contributed by atoms with Gasteiger partial charge in [-0.1, -0.05) is 0 Å². The number of rotatable bonds is 6. The second kappa shape index (κ2) is 5.03. The first-order valence-electron chi connectivity index (χ1n) is 6.86. The Labute approximate surface area is 99.1 Å². The number of fused-ring (bicyclic) bond motifs is 2. The zero-order valence-corrected chi connectivity index (χ0v) is 10.3. The molecule has 2 fully saturated rings. The van der Waals surface area contributed by atoms with Crippen molar-refractivity contribution < 1.29 is 0 Å². The molecule has 0 aromatic heterocycles. The minimum Gasteiger partial charge on any atom is -0.330 e. The Balaban J connectivity index is 1.96. The van der Waals surface area contributed by atoms with Crippen LogP contribution in [0.2, 0.25) is 0 Å². The van der Waals surface area contributed by atoms with Crippen LogP contribution in [0.3, 0.4) is 0 Å². The molecule has 3 nitrogen and oxygen atoms in total. The third-order valence-electron chi connectivity index (χ3n) is 5.20. The summed E-state index contributed by atoms with van der Waals surface area (Å²) in [5, 5.41) is 0. The van der Waals surface area contributed by atoms with Crippen LogP contribution in [0.25, 0.3) is 0 Å². The molecule has 6 N–H and O–H groups in total. The molecule has 2 bridgehead atoms. The smallest absolute Gasteiger partial charge is 0.00178 e. The Bertz CT molecular complexity index is 231. The van der Waals surface area contributed by atoms with E-state index in [1.807, 2.05) is 0 Å². The molecule has 0 saturated heterocycles. The zero-order chi connectivity index (χ0) is 11.6. The van der Waals surface area contributed by atoms with Gasteiger partial charge in [0.25, 0.3) is 0 Å². The molecule has 3 heteroatoms. The molecule has 0 radical (unpaired) electrons. The molecule has 2 rings (SSSR count). The van der Waals surface area contributed by atoms with E-state index in [9.17, 15) is 0 Å². The van der Waals surface area contributed by atoms with Gasteiger partial charge in [0.05, 0.1) is 0 Å². The predicted octanol–water partition coefficient (Wildman–Crippen LogP) is 1.07. The van der Waals surface area contributed by atoms with Crippen LogP contribution in [0.1, 0.15) is 38.5 Å². The summed E-state index contributed by atoms with van der Waals surface area (Å²) in [5.74, 6) is 2.67. The van der Waals surface area contributed by atoms with Crippen molar-refractivity contribution in [3.8, 4) is 0 Å². The second-order valence-corrected chi connectivity index (χ2v) is 5.93. The van der Waals surface area contributed by atoms with Crippen molar-refractivity contribution in [3.63, 3.8) is 0 Å². The fourth-order valence-electron chi connectivity index (χ4n) is 4.33. The van der Waals surface area contributed by atoms with Crippen molar-refractivity contribution in [2.75, 3.05) is 19.6 Å². The SMILES string of the molecule is NCCCC1(CN)CC2CC1CC2CCN. The van der Waals surface area contributed by atoms with E-state index in [2.05, 4.69) is 0 Å². The van der Waals surface area contributed by atoms with Gasteiger partial charge >= 0.3 is 0 Å². The maximum atomic E-state index is 6.05. The lowest BCUT2D eigenvalue weighted by molar-refractivity contribution is 0.121. The van der Waals surface area contributed by atoms with Gasteiger partial charge in [0.2, 0.25) is 0 Å². The summed E-state index contributed by atoms with van der Waals surface area (Å²) in [4.78, 5) is 0. The van der Waals surface area contributed by atoms with E-state index in [1.165, 1.54) is 32.1 Å². The summed E-state index contributed by atoms with van der Waals surface area (Å²) in [6, 6.07) is 0. The van der Waals surface area contributed by atoms with E-state index in [0.717, 1.165) is 43.8 Å². The van der Waals surface area contributed by atoms with Crippen molar-refractivity contribution in [2.24, 2.45) is 40.4 Å². The van der Waals surface area contributed by atoms with Crippen molar-refractivity contribution in [2.45, 2.75) is 38.5 Å². The molecule has 0 spiro atoms. The predicted molar refractivity (Wildman–Crippen MR) is 67.8 cm³/mol. The van der Waals surface area contributed by atoms with Gasteiger partial charge in [-0.05, 0) is 81.3 Å². The molecule has 2 aliphatic carbocycles. The average Bonchev–Trinajstić information content (AvgIpc) is 2.84. The quantitative estimate of drug-likeness (QED) is 0.632. The minimum absolute atomic E-state index is 0.440. The largest absolute Gasteiger partial charge is 0.330 e. The average molecular weight is 225 g/mol. The van der Waals surface area contributed by atoms with Crippen molar-refractivity contribution in [1.29, 1.82) is 0 Å². The first kappa shape index (κ1) is 12.3. The standard InChI is InChI=1S/C13H27N3/c14-4-1-3-13(9-16)8-11-7-12(13)6-10(11)2-5-15/h10-12H,1-9,14-16H2. The summed E-state index contributed by atoms with van der Waals surface area (Å²) in [7, 11) is 0. The molecule has 4 atom stereocenters. The number of hydrogen-bond acceptors (Lipinski definition) is 3. The van der Waals surface area contributed by atoms with Gasteiger partial charge in [-0.3, -0.25) is 0 Å². The molecule has 2 aliphatic rings. The van der Waals surface area contributed by atoms with Crippen LogP contribution in [-0.4, -0.2) is 19.6 Å². The highest BCUT2D eigenvalue weighted by Gasteiger charge is 2.53. The minimum atomic E-state index is 0.440. The van der Waals surface area contributed by atoms with Crippen LogP contribution < -0.4 is 17.2 Å². The Kier molecular flexibility index (Phi) is 3.88. The topological polar surface area (TPSA) is 78.1 Å². The van der Waals surface area contributed by atoms with Crippen LogP contribution in [0.4, 0.5) is 0 Å². The first-order valence-corrected chi connectivity index (χ1v) is 6.86. The van der Waals surface area contributed by atoms with Gasteiger partial charge in [-0.15, -0.1) is 0 Å². The third kappa shape index (κ3) is 2.01. The molecule has 94 valence electrons. The lowest BCUT2D eigenvalue weighted by Gasteiger charge is -2.39. The molecule has 16 heavy (non-hydrogen) atoms. The van der Waals surface area contributed by atoms with Gasteiger partial charge in [0.15, 0.2) is 0 Å². The highest BCUT2D eigenvalue weighted by molar-refractivity contribution is 5.03. The number of nitrogens with two attached hydrogens (primary N) is 3. The van der Waals surface area contributed by atoms with E-state index < -0.39 is 0 Å². The lowest BCUT2D eigenvalue weighted by Crippen LogP contribution is -2.38. The summed E-state index contributed by atoms with van der Waals surface area (Å²) in [6.45, 7) is 2.53. The second-order valence-electron chi connectivity index (χ2n) is 5.93. The Morgan fingerprint density at radius 3 is 2.38 bits per heavy atom. The molecule has 0 aromatic carbocycles. The maximum Gasteiger partial charge on any atom is -0.00178 e. The molecule has 2 saturated carbocycles. The summed E-state index contributed by atoms with van der Waals surface area (Å²) in [5.41, 5.74) is 17.8. The molecule has 0 aromatic rings. The first-order chi connectivity index (χ1) is 7.75. The third-order valence-corrected chi connectivity index (χ3v) is 5.20. The fourth-order valence-corrected chi connectivity index (χ4v) is 4.33. The van der Waals surface area contributed by atoms with Crippen LogP contribution >= 0.6 is 0 Å². The van der Waals surface area contributed by atoms with E-state index in [0.29, 0.717) is 5.41 Å². The van der Waals surface area contributed by atoms with Crippen LogP contribution in [0.5, 0.6) is 0 Å². The van der Waals surface area contributed by atoms with E-state index in [4.69, 9.17) is 17.2 Å². The van der Waals surface area contributed by atoms with Gasteiger partial charge in [-0.2, -0.15) is 0 Å². The summed E-state index contributed by atoms with van der Waals surface area (Å²) < 4.78 is 0. The Hall–Kier alpha value is -0.120. The summed E-state index contributed by atoms with van der Waals surface area (Å²) >= 11 is 0. The van der Waals surface area contributed by atoms with Gasteiger partial charge < -0.3 is 17.2 Å². The highest BCUT2D eigenvalue weighted by atomic mass is 14.7.